The van der Waals surface area contributed by atoms with E-state index in [9.17, 15) is 10.2 Å². The van der Waals surface area contributed by atoms with Crippen LogP contribution in [0.1, 0.15) is 64.5 Å². The van der Waals surface area contributed by atoms with E-state index in [-0.39, 0.29) is 34.0 Å². The molecule has 0 radical (unpaired) electrons. The molecule has 0 amide bonds. The van der Waals surface area contributed by atoms with Crippen molar-refractivity contribution in [2.45, 2.75) is 88.6 Å². The van der Waals surface area contributed by atoms with Gasteiger partial charge in [-0.2, -0.15) is 0 Å². The van der Waals surface area contributed by atoms with Crippen LogP contribution in [0, 0.1) is 16.7 Å². The number of hydrogen-bond acceptors (Lipinski definition) is 5. The Morgan fingerprint density at radius 3 is 2.63 bits per heavy atom. The lowest BCUT2D eigenvalue weighted by Crippen LogP contribution is -2.83. The number of phenols is 1. The molecule has 3 saturated carbocycles. The van der Waals surface area contributed by atoms with E-state index in [1.165, 1.54) is 11.1 Å². The van der Waals surface area contributed by atoms with Crippen LogP contribution in [0.5, 0.6) is 11.5 Å². The summed E-state index contributed by atoms with van der Waals surface area (Å²) in [5, 5.41) is 26.6. The number of piperidine rings is 1. The van der Waals surface area contributed by atoms with Crippen LogP contribution < -0.4 is 10.1 Å². The number of phenolic OH excluding ortho intramolecular Hbond substituents is 1. The third-order valence-corrected chi connectivity index (χ3v) is 10.4. The summed E-state index contributed by atoms with van der Waals surface area (Å²) in [6.07, 6.45) is 4.66. The Bertz CT molecular complexity index is 936. The molecule has 7 rings (SSSR count). The van der Waals surface area contributed by atoms with Crippen LogP contribution in [-0.2, 0) is 16.6 Å². The largest absolute Gasteiger partial charge is 0.504 e. The van der Waals surface area contributed by atoms with Crippen molar-refractivity contribution in [3.8, 4) is 11.5 Å². The molecule has 5 nitrogen and oxygen atoms in total. The van der Waals surface area contributed by atoms with Gasteiger partial charge in [0.25, 0.3) is 0 Å². The average molecular weight is 414 g/mol. The van der Waals surface area contributed by atoms with Gasteiger partial charge in [0, 0.05) is 35.5 Å². The summed E-state index contributed by atoms with van der Waals surface area (Å²) < 4.78 is 13.2. The van der Waals surface area contributed by atoms with Crippen molar-refractivity contribution < 1.29 is 19.7 Å². The Morgan fingerprint density at radius 1 is 1.17 bits per heavy atom. The van der Waals surface area contributed by atoms with Gasteiger partial charge in [-0.05, 0) is 62.6 Å². The van der Waals surface area contributed by atoms with Gasteiger partial charge in [0.05, 0.1) is 5.60 Å². The van der Waals surface area contributed by atoms with Crippen LogP contribution in [0.4, 0.5) is 0 Å². The van der Waals surface area contributed by atoms with Gasteiger partial charge in [-0.3, -0.25) is 0 Å². The molecular weight excluding hydrogens is 378 g/mol. The van der Waals surface area contributed by atoms with E-state index in [1.807, 2.05) is 6.92 Å². The number of aromatic hydroxyl groups is 1. The Labute approximate surface area is 179 Å². The van der Waals surface area contributed by atoms with E-state index in [0.717, 1.165) is 38.6 Å². The summed E-state index contributed by atoms with van der Waals surface area (Å²) in [6, 6.07) is 4.26. The fourth-order valence-electron chi connectivity index (χ4n) is 8.53. The molecule has 1 aromatic rings. The molecule has 30 heavy (non-hydrogen) atoms. The minimum absolute atomic E-state index is 0.0160. The lowest BCUT2D eigenvalue weighted by Gasteiger charge is -2.74. The van der Waals surface area contributed by atoms with Gasteiger partial charge >= 0.3 is 0 Å². The third kappa shape index (κ3) is 1.77. The molecule has 6 aliphatic rings. The predicted octanol–water partition coefficient (Wildman–Crippen LogP) is 3.29. The van der Waals surface area contributed by atoms with E-state index in [1.54, 1.807) is 13.2 Å². The molecule has 2 heterocycles. The van der Waals surface area contributed by atoms with Crippen LogP contribution in [0.2, 0.25) is 0 Å². The molecule has 5 heteroatoms. The SMILES string of the molecule is CO[C@]12CC[C@@]3(C[C@@H]1[C@@](C)(O)C(C)(C)C)C1Cc4ccc(O)c5c4C3(CCN1)C2O5. The van der Waals surface area contributed by atoms with Crippen molar-refractivity contribution in [1.82, 2.24) is 5.32 Å². The zero-order chi connectivity index (χ0) is 21.3. The highest BCUT2D eigenvalue weighted by molar-refractivity contribution is 5.63. The van der Waals surface area contributed by atoms with Crippen molar-refractivity contribution in [3.05, 3.63) is 23.3 Å². The second-order valence-corrected chi connectivity index (χ2v) is 11.8. The van der Waals surface area contributed by atoms with Crippen molar-refractivity contribution in [2.75, 3.05) is 13.7 Å². The summed E-state index contributed by atoms with van der Waals surface area (Å²) >= 11 is 0. The van der Waals surface area contributed by atoms with Crippen molar-refractivity contribution >= 4 is 0 Å². The van der Waals surface area contributed by atoms with Crippen molar-refractivity contribution in [1.29, 1.82) is 0 Å². The maximum absolute atomic E-state index is 12.0. The molecule has 3 unspecified atom stereocenters. The Morgan fingerprint density at radius 2 is 1.93 bits per heavy atom. The van der Waals surface area contributed by atoms with E-state index in [4.69, 9.17) is 9.47 Å². The number of rotatable bonds is 2. The molecule has 164 valence electrons. The van der Waals surface area contributed by atoms with Gasteiger partial charge in [-0.15, -0.1) is 0 Å². The predicted molar refractivity (Wildman–Crippen MR) is 114 cm³/mol. The standard InChI is InChI=1S/C25H35NO4/c1-21(2,3)22(4,28)16-13-23-8-9-25(16,29-5)20-24(23)10-11-26-17(23)12-14-6-7-15(27)19(30-20)18(14)24/h6-7,16-17,20,26-28H,8-13H2,1-5H3/t16-,17?,20?,22-,23-,24?,25-/m1/s1. The Hall–Kier alpha value is -1.30. The number of nitrogens with one attached hydrogen (secondary N) is 1. The lowest BCUT2D eigenvalue weighted by molar-refractivity contribution is -0.303. The highest BCUT2D eigenvalue weighted by Gasteiger charge is 2.81. The summed E-state index contributed by atoms with van der Waals surface area (Å²) in [7, 11) is 1.80. The maximum Gasteiger partial charge on any atom is 0.165 e. The number of aliphatic hydroxyl groups is 1. The fourth-order valence-corrected chi connectivity index (χ4v) is 8.53. The first kappa shape index (κ1) is 19.4. The number of ether oxygens (including phenoxy) is 2. The van der Waals surface area contributed by atoms with Gasteiger partial charge in [0.15, 0.2) is 11.5 Å². The van der Waals surface area contributed by atoms with Crippen LogP contribution in [0.15, 0.2) is 12.1 Å². The summed E-state index contributed by atoms with van der Waals surface area (Å²) in [5.74, 6) is 0.887. The third-order valence-electron chi connectivity index (χ3n) is 10.4. The van der Waals surface area contributed by atoms with Gasteiger partial charge in [-0.1, -0.05) is 26.8 Å². The number of methoxy groups -OCH3 is 1. The quantitative estimate of drug-likeness (QED) is 0.694. The fraction of sp³-hybridized carbons (Fsp3) is 0.760. The van der Waals surface area contributed by atoms with E-state index >= 15 is 0 Å². The molecule has 2 spiro atoms. The molecule has 4 fully saturated rings. The Kier molecular flexibility index (Phi) is 3.46. The molecule has 1 aromatic carbocycles. The molecule has 0 aromatic heterocycles. The maximum atomic E-state index is 12.0. The first-order valence-electron chi connectivity index (χ1n) is 11.6. The summed E-state index contributed by atoms with van der Waals surface area (Å²) in [5.41, 5.74) is 0.658. The number of fused-ring (bicyclic) bond motifs is 2. The van der Waals surface area contributed by atoms with Crippen LogP contribution in [0.25, 0.3) is 0 Å². The highest BCUT2D eigenvalue weighted by Crippen LogP contribution is 2.77. The monoisotopic (exact) mass is 413 g/mol. The average Bonchev–Trinajstić information content (AvgIpc) is 3.05. The van der Waals surface area contributed by atoms with Crippen LogP contribution in [-0.4, -0.2) is 47.2 Å². The van der Waals surface area contributed by atoms with Gasteiger partial charge in [-0.25, -0.2) is 0 Å². The molecule has 4 aliphatic carbocycles. The van der Waals surface area contributed by atoms with Crippen LogP contribution in [0.3, 0.4) is 0 Å². The highest BCUT2D eigenvalue weighted by atomic mass is 16.6. The second-order valence-electron chi connectivity index (χ2n) is 11.8. The van der Waals surface area contributed by atoms with Crippen LogP contribution >= 0.6 is 0 Å². The zero-order valence-electron chi connectivity index (χ0n) is 18.8. The zero-order valence-corrected chi connectivity index (χ0v) is 18.8. The molecule has 7 atom stereocenters. The Balaban J connectivity index is 1.65. The smallest absolute Gasteiger partial charge is 0.165 e. The van der Waals surface area contributed by atoms with Crippen molar-refractivity contribution in [2.24, 2.45) is 16.7 Å². The van der Waals surface area contributed by atoms with E-state index in [0.29, 0.717) is 11.8 Å². The molecule has 2 aliphatic heterocycles. The van der Waals surface area contributed by atoms with Gasteiger partial charge < -0.3 is 25.0 Å². The molecule has 3 N–H and O–H groups in total. The number of hydrogen-bond donors (Lipinski definition) is 3. The van der Waals surface area contributed by atoms with E-state index in [2.05, 4.69) is 32.2 Å². The van der Waals surface area contributed by atoms with E-state index < -0.39 is 11.2 Å². The topological polar surface area (TPSA) is 71.0 Å². The normalized spacial score (nSPS) is 44.9. The summed E-state index contributed by atoms with van der Waals surface area (Å²) in [4.78, 5) is 0. The van der Waals surface area contributed by atoms with Gasteiger partial charge in [0.2, 0.25) is 0 Å². The second kappa shape index (κ2) is 5.36. The van der Waals surface area contributed by atoms with Crippen molar-refractivity contribution in [3.63, 3.8) is 0 Å². The minimum atomic E-state index is -0.910. The molecular formula is C25H35NO4. The molecule has 4 bridgehead atoms. The molecule has 1 saturated heterocycles. The summed E-state index contributed by atoms with van der Waals surface area (Å²) in [6.45, 7) is 9.33. The minimum Gasteiger partial charge on any atom is -0.504 e. The first-order chi connectivity index (χ1) is 14.1. The lowest BCUT2D eigenvalue weighted by atomic mass is 9.33. The number of benzene rings is 1. The first-order valence-corrected chi connectivity index (χ1v) is 11.6. The van der Waals surface area contributed by atoms with Gasteiger partial charge in [0.1, 0.15) is 11.7 Å².